The molecule has 2 aromatic heterocycles. The highest BCUT2D eigenvalue weighted by atomic mass is 32.2. The summed E-state index contributed by atoms with van der Waals surface area (Å²) in [6.45, 7) is 4.11. The maximum atomic E-state index is 13.6. The number of carbonyl (C=O) groups excluding carboxylic acids is 1. The molecule has 7 nitrogen and oxygen atoms in total. The Morgan fingerprint density at radius 3 is 2.34 bits per heavy atom. The van der Waals surface area contributed by atoms with Crippen molar-refractivity contribution < 1.29 is 4.79 Å². The van der Waals surface area contributed by atoms with Crippen LogP contribution >= 0.6 is 11.8 Å². The van der Waals surface area contributed by atoms with E-state index in [-0.39, 0.29) is 30.0 Å². The smallest absolute Gasteiger partial charge is 0.265 e. The van der Waals surface area contributed by atoms with Crippen molar-refractivity contribution in [2.45, 2.75) is 37.5 Å². The Morgan fingerprint density at radius 1 is 1.00 bits per heavy atom. The van der Waals surface area contributed by atoms with Gasteiger partial charge in [-0.15, -0.1) is 0 Å². The summed E-state index contributed by atoms with van der Waals surface area (Å²) >= 11 is 1.50. The fourth-order valence-electron chi connectivity index (χ4n) is 4.91. The van der Waals surface area contributed by atoms with Crippen molar-refractivity contribution >= 4 is 28.7 Å². The zero-order valence-electron chi connectivity index (χ0n) is 21.2. The number of thioether (sulfide) groups is 1. The first-order chi connectivity index (χ1) is 18.5. The monoisotopic (exact) mass is 521 g/mol. The van der Waals surface area contributed by atoms with E-state index in [1.165, 1.54) is 17.3 Å². The van der Waals surface area contributed by atoms with Crippen LogP contribution in [0.1, 0.15) is 40.8 Å². The largest absolute Gasteiger partial charge is 0.345 e. The first-order valence-electron chi connectivity index (χ1n) is 12.6. The second-order valence-corrected chi connectivity index (χ2v) is 10.6. The first-order valence-corrected chi connectivity index (χ1v) is 13.6. The van der Waals surface area contributed by atoms with Gasteiger partial charge < -0.3 is 5.32 Å². The number of aryl methyl sites for hydroxylation is 2. The number of benzene rings is 3. The van der Waals surface area contributed by atoms with Crippen molar-refractivity contribution in [3.05, 3.63) is 118 Å². The minimum Gasteiger partial charge on any atom is -0.345 e. The van der Waals surface area contributed by atoms with Crippen LogP contribution in [0.2, 0.25) is 0 Å². The van der Waals surface area contributed by atoms with Gasteiger partial charge in [-0.1, -0.05) is 78.5 Å². The Bertz CT molecular complexity index is 1660. The molecule has 5 aromatic rings. The fraction of sp³-hybridized carbons (Fsp3) is 0.200. The van der Waals surface area contributed by atoms with Crippen molar-refractivity contribution in [2.75, 3.05) is 5.75 Å². The van der Waals surface area contributed by atoms with Gasteiger partial charge in [0.15, 0.2) is 10.8 Å². The van der Waals surface area contributed by atoms with Crippen LogP contribution in [-0.2, 0) is 4.79 Å². The van der Waals surface area contributed by atoms with Crippen molar-refractivity contribution in [3.8, 4) is 5.69 Å². The van der Waals surface area contributed by atoms with E-state index in [1.807, 2.05) is 78.9 Å². The number of rotatable bonds is 6. The van der Waals surface area contributed by atoms with Crippen LogP contribution in [0.3, 0.4) is 0 Å². The Kier molecular flexibility index (Phi) is 6.33. The summed E-state index contributed by atoms with van der Waals surface area (Å²) in [5.41, 5.74) is 5.60. The molecule has 3 aromatic carbocycles. The van der Waals surface area contributed by atoms with Gasteiger partial charge in [-0.05, 0) is 48.2 Å². The molecule has 1 N–H and O–H groups in total. The molecule has 6 rings (SSSR count). The molecule has 38 heavy (non-hydrogen) atoms. The van der Waals surface area contributed by atoms with Crippen LogP contribution in [0.15, 0.2) is 95.0 Å². The number of carbonyl (C=O) groups is 1. The lowest BCUT2D eigenvalue weighted by Gasteiger charge is -2.21. The molecule has 1 aliphatic rings. The highest BCUT2D eigenvalue weighted by molar-refractivity contribution is 7.99. The molecule has 0 saturated heterocycles. The molecule has 0 saturated carbocycles. The summed E-state index contributed by atoms with van der Waals surface area (Å²) < 4.78 is 3.38. The fourth-order valence-corrected chi connectivity index (χ4v) is 6.04. The van der Waals surface area contributed by atoms with Crippen molar-refractivity contribution in [2.24, 2.45) is 0 Å². The van der Waals surface area contributed by atoms with Gasteiger partial charge in [-0.2, -0.15) is 5.10 Å². The average molecular weight is 522 g/mol. The number of nitrogens with zero attached hydrogens (tertiary/aromatic N) is 4. The third-order valence-electron chi connectivity index (χ3n) is 7.10. The number of hydrogen-bond donors (Lipinski definition) is 1. The van der Waals surface area contributed by atoms with Gasteiger partial charge in [0.25, 0.3) is 5.56 Å². The quantitative estimate of drug-likeness (QED) is 0.313. The van der Waals surface area contributed by atoms with Gasteiger partial charge in [-0.3, -0.25) is 14.2 Å². The maximum Gasteiger partial charge on any atom is 0.265 e. The summed E-state index contributed by atoms with van der Waals surface area (Å²) in [6, 6.07) is 25.4. The van der Waals surface area contributed by atoms with Crippen molar-refractivity contribution in [3.63, 3.8) is 0 Å². The molecule has 0 fully saturated rings. The zero-order valence-corrected chi connectivity index (χ0v) is 22.0. The van der Waals surface area contributed by atoms with E-state index >= 15 is 0 Å². The Balaban J connectivity index is 1.28. The topological polar surface area (TPSA) is 81.8 Å². The summed E-state index contributed by atoms with van der Waals surface area (Å²) in [4.78, 5) is 31.7. The highest BCUT2D eigenvalue weighted by Gasteiger charge is 2.30. The predicted molar refractivity (Wildman–Crippen MR) is 150 cm³/mol. The molecule has 3 heterocycles. The lowest BCUT2D eigenvalue weighted by atomic mass is 9.98. The molecule has 1 amide bonds. The summed E-state index contributed by atoms with van der Waals surface area (Å²) in [7, 11) is 0. The molecule has 8 heteroatoms. The first kappa shape index (κ1) is 24.2. The number of fused-ring (bicyclic) bond motifs is 2. The molecule has 1 unspecified atom stereocenters. The summed E-state index contributed by atoms with van der Waals surface area (Å²) in [6.07, 6.45) is 1.77. The number of nitrogens with one attached hydrogen (secondary N) is 1. The van der Waals surface area contributed by atoms with E-state index < -0.39 is 0 Å². The van der Waals surface area contributed by atoms with E-state index in [0.717, 1.165) is 22.4 Å². The van der Waals surface area contributed by atoms with Crippen LogP contribution < -0.4 is 10.9 Å². The molecular weight excluding hydrogens is 494 g/mol. The van der Waals surface area contributed by atoms with Gasteiger partial charge in [-0.25, -0.2) is 9.67 Å². The van der Waals surface area contributed by atoms with Gasteiger partial charge >= 0.3 is 0 Å². The van der Waals surface area contributed by atoms with Crippen LogP contribution in [0, 0.1) is 13.8 Å². The van der Waals surface area contributed by atoms with E-state index in [1.54, 1.807) is 15.4 Å². The Labute approximate surface area is 224 Å². The van der Waals surface area contributed by atoms with Gasteiger partial charge in [0.05, 0.1) is 24.0 Å². The van der Waals surface area contributed by atoms with Crippen LogP contribution in [-0.4, -0.2) is 31.0 Å². The third-order valence-corrected chi connectivity index (χ3v) is 8.20. The molecule has 0 aliphatic carbocycles. The van der Waals surface area contributed by atoms with Crippen LogP contribution in [0.4, 0.5) is 0 Å². The van der Waals surface area contributed by atoms with Gasteiger partial charge in [0.1, 0.15) is 5.39 Å². The van der Waals surface area contributed by atoms with E-state index in [0.29, 0.717) is 21.9 Å². The summed E-state index contributed by atoms with van der Waals surface area (Å²) in [5, 5.41) is 8.75. The van der Waals surface area contributed by atoms with Crippen LogP contribution in [0.5, 0.6) is 0 Å². The number of amides is 1. The zero-order chi connectivity index (χ0) is 26.2. The number of aromatic nitrogens is 4. The second-order valence-electron chi connectivity index (χ2n) is 9.62. The maximum absolute atomic E-state index is 13.6. The molecule has 1 aliphatic heterocycles. The standard InChI is InChI=1S/C30H27N5O2S/c1-19-13-14-23(15-20(19)2)35-28-25(17-31-35)29(37)34-24(18-38-30(34)33-28)16-26(36)32-27(21-9-5-3-6-10-21)22-11-7-4-8-12-22/h3-15,17,24,27H,16,18H2,1-2H3,(H,32,36). The van der Waals surface area contributed by atoms with E-state index in [9.17, 15) is 9.59 Å². The lowest BCUT2D eigenvalue weighted by molar-refractivity contribution is -0.122. The molecule has 1 atom stereocenters. The minimum absolute atomic E-state index is 0.112. The predicted octanol–water partition coefficient (Wildman–Crippen LogP) is 5.14. The third kappa shape index (κ3) is 4.41. The number of hydrogen-bond acceptors (Lipinski definition) is 5. The van der Waals surface area contributed by atoms with E-state index in [4.69, 9.17) is 4.98 Å². The molecule has 0 bridgehead atoms. The Hall–Kier alpha value is -4.17. The molecular formula is C30H27N5O2S. The minimum atomic E-state index is -0.281. The summed E-state index contributed by atoms with van der Waals surface area (Å²) in [5.74, 6) is 0.500. The molecule has 0 radical (unpaired) electrons. The second kappa shape index (κ2) is 9.95. The van der Waals surface area contributed by atoms with Gasteiger partial charge in [0, 0.05) is 12.2 Å². The highest BCUT2D eigenvalue weighted by Crippen LogP contribution is 2.34. The Morgan fingerprint density at radius 2 is 1.68 bits per heavy atom. The SMILES string of the molecule is Cc1ccc(-n2ncc3c(=O)n4c(nc32)SCC4CC(=O)NC(c2ccccc2)c2ccccc2)cc1C. The normalized spacial score (nSPS) is 14.7. The van der Waals surface area contributed by atoms with E-state index in [2.05, 4.69) is 24.3 Å². The lowest BCUT2D eigenvalue weighted by Crippen LogP contribution is -2.33. The van der Waals surface area contributed by atoms with Crippen molar-refractivity contribution in [1.82, 2.24) is 24.6 Å². The van der Waals surface area contributed by atoms with Crippen LogP contribution in [0.25, 0.3) is 16.7 Å². The molecule has 190 valence electrons. The average Bonchev–Trinajstić information content (AvgIpc) is 3.55. The van der Waals surface area contributed by atoms with Crippen molar-refractivity contribution in [1.29, 1.82) is 0 Å². The molecule has 0 spiro atoms. The van der Waals surface area contributed by atoms with Gasteiger partial charge in [0.2, 0.25) is 5.91 Å².